The third-order valence-corrected chi connectivity index (χ3v) is 18.5. The highest BCUT2D eigenvalue weighted by Gasteiger charge is 2.54. The maximum atomic E-state index is 13.6. The molecule has 10 N–H and O–H groups in total. The molecule has 0 aromatic heterocycles. The van der Waals surface area contributed by atoms with E-state index < -0.39 is 195 Å². The Kier molecular flexibility index (Phi) is 57.5. The molecule has 49 heteroatoms. The summed E-state index contributed by atoms with van der Waals surface area (Å²) in [5.41, 5.74) is 0. The molecule has 3 aliphatic rings. The minimum Gasteiger partial charge on any atom is -0.463 e. The third-order valence-electron chi connectivity index (χ3n) is 18.5. The fraction of sp³-hybridized carbons (Fsp3) is 0.778. The van der Waals surface area contributed by atoms with Crippen LogP contribution in [-0.2, 0) is 176 Å². The van der Waals surface area contributed by atoms with Gasteiger partial charge in [0.05, 0.1) is 98.9 Å². The van der Waals surface area contributed by atoms with Crippen LogP contribution in [0, 0.1) is 0 Å². The molecule has 3 saturated heterocycles. The average Bonchev–Trinajstić information content (AvgIpc) is 0.796. The molecule has 3 fully saturated rings. The van der Waals surface area contributed by atoms with Crippen molar-refractivity contribution in [3.8, 4) is 0 Å². The van der Waals surface area contributed by atoms with Gasteiger partial charge in [-0.15, -0.1) is 0 Å². The molecule has 0 radical (unpaired) electrons. The number of nitrogens with zero attached hydrogens (tertiary/aromatic N) is 2. The minimum atomic E-state index is -1.33. The van der Waals surface area contributed by atoms with Crippen LogP contribution in [0.3, 0.4) is 0 Å². The first-order valence-corrected chi connectivity index (χ1v) is 42.9. The Morgan fingerprint density at radius 2 is 0.523 bits per heavy atom. The van der Waals surface area contributed by atoms with Crippen molar-refractivity contribution in [1.82, 2.24) is 57.7 Å². The first kappa shape index (κ1) is 114. The topological polar surface area (TPSA) is 618 Å². The van der Waals surface area contributed by atoms with E-state index in [9.17, 15) is 91.4 Å². The molecule has 0 saturated carbocycles. The van der Waals surface area contributed by atoms with E-state index in [1.807, 2.05) is 0 Å². The summed E-state index contributed by atoms with van der Waals surface area (Å²) >= 11 is 0. The summed E-state index contributed by atoms with van der Waals surface area (Å²) in [5, 5.41) is 34.1. The summed E-state index contributed by atoms with van der Waals surface area (Å²) in [5.74, 6) is -10.6. The normalized spacial score (nSPS) is 21.6. The number of esters is 9. The number of unbranched alkanes of at least 4 members (excludes halogenated alkanes) is 3. The van der Waals surface area contributed by atoms with Crippen LogP contribution in [0.4, 0.5) is 0 Å². The molecule has 0 aromatic rings. The minimum absolute atomic E-state index is 0.0222. The lowest BCUT2D eigenvalue weighted by atomic mass is 9.96. The number of amides is 9. The molecule has 15 atom stereocenters. The highest BCUT2D eigenvalue weighted by Crippen LogP contribution is 2.32. The fourth-order valence-corrected chi connectivity index (χ4v) is 13.1. The first-order valence-electron chi connectivity index (χ1n) is 42.9. The monoisotopic (exact) mass is 1870 g/mol. The predicted octanol–water partition coefficient (Wildman–Crippen LogP) is -5.12. The predicted molar refractivity (Wildman–Crippen MR) is 443 cm³/mol. The second kappa shape index (κ2) is 65.5. The number of carbonyl (C=O) groups is 18. The molecule has 740 valence electrons. The number of hydrogen-bond donors (Lipinski definition) is 10. The van der Waals surface area contributed by atoms with Gasteiger partial charge in [-0.1, -0.05) is 0 Å². The molecule has 9 amide bonds. The van der Waals surface area contributed by atoms with E-state index in [1.54, 1.807) is 9.80 Å². The molecule has 3 rings (SSSR count). The van der Waals surface area contributed by atoms with Gasteiger partial charge in [0.2, 0.25) is 53.2 Å². The van der Waals surface area contributed by atoms with Crippen molar-refractivity contribution in [3.63, 3.8) is 0 Å². The highest BCUT2D eigenvalue weighted by molar-refractivity contribution is 5.82. The van der Waals surface area contributed by atoms with Gasteiger partial charge in [0, 0.05) is 161 Å². The van der Waals surface area contributed by atoms with Gasteiger partial charge in [-0.25, -0.2) is 0 Å². The lowest BCUT2D eigenvalue weighted by molar-refractivity contribution is -0.279. The van der Waals surface area contributed by atoms with Crippen molar-refractivity contribution in [3.05, 3.63) is 0 Å². The number of rotatable bonds is 65. The number of ether oxygens (including phenoxy) is 19. The Labute approximate surface area is 753 Å². The Morgan fingerprint density at radius 1 is 0.277 bits per heavy atom. The van der Waals surface area contributed by atoms with Crippen LogP contribution >= 0.6 is 0 Å². The number of aliphatic hydroxyl groups is 1. The average molecular weight is 1870 g/mol. The van der Waals surface area contributed by atoms with Crippen LogP contribution in [0.5, 0.6) is 0 Å². The molecule has 15 unspecified atom stereocenters. The Balaban J connectivity index is 1.56. The van der Waals surface area contributed by atoms with Crippen LogP contribution in [0.25, 0.3) is 0 Å². The van der Waals surface area contributed by atoms with Crippen LogP contribution in [0.1, 0.15) is 141 Å². The van der Waals surface area contributed by atoms with E-state index >= 15 is 0 Å². The summed E-state index contributed by atoms with van der Waals surface area (Å²) < 4.78 is 106. The SMILES string of the molecule is CC(=O)NC1C(OCCOCCC(=O)NCCCCNC(=O)CN(CCOCCO)CCN(CC(=O)NCCCCNC(=O)CCOCCOC2OC(COC(C)=O)C(OC(C)=O)C(OC(C)=O)C2NC(C)=O)CC(=O)NCCCCNC(=O)CCOCCOC2OC(COC(C)=O)C(OC(C)=O)C(OC(C)=O)C2NC(C)=O)OC(COC(C)=O)C(OC(C)=O)C1OC(C)=O. The van der Waals surface area contributed by atoms with E-state index in [1.165, 1.54) is 20.8 Å². The van der Waals surface area contributed by atoms with E-state index in [2.05, 4.69) is 47.9 Å². The van der Waals surface area contributed by atoms with Crippen LogP contribution < -0.4 is 47.9 Å². The fourth-order valence-electron chi connectivity index (χ4n) is 13.1. The van der Waals surface area contributed by atoms with Gasteiger partial charge in [-0.2, -0.15) is 0 Å². The molecule has 49 nitrogen and oxygen atoms in total. The van der Waals surface area contributed by atoms with E-state index in [-0.39, 0.29) is 201 Å². The summed E-state index contributed by atoms with van der Waals surface area (Å²) in [4.78, 5) is 227. The van der Waals surface area contributed by atoms with Gasteiger partial charge in [-0.05, 0) is 38.5 Å². The zero-order chi connectivity index (χ0) is 96.5. The second-order valence-corrected chi connectivity index (χ2v) is 29.9. The van der Waals surface area contributed by atoms with Gasteiger partial charge >= 0.3 is 53.7 Å². The molecule has 0 bridgehead atoms. The lowest BCUT2D eigenvalue weighted by Crippen LogP contribution is -2.66. The Morgan fingerprint density at radius 3 is 0.777 bits per heavy atom. The molecule has 0 spiro atoms. The third kappa shape index (κ3) is 50.9. The molecular weight excluding hydrogens is 1730 g/mol. The van der Waals surface area contributed by atoms with E-state index in [0.29, 0.717) is 38.5 Å². The smallest absolute Gasteiger partial charge is 0.303 e. The number of carbonyl (C=O) groups excluding carboxylic acids is 18. The summed E-state index contributed by atoms with van der Waals surface area (Å²) in [6.07, 6.45) is -12.8. The van der Waals surface area contributed by atoms with Crippen molar-refractivity contribution >= 4 is 107 Å². The van der Waals surface area contributed by atoms with Crippen molar-refractivity contribution in [2.75, 3.05) is 178 Å². The zero-order valence-corrected chi connectivity index (χ0v) is 76.1. The highest BCUT2D eigenvalue weighted by atomic mass is 16.7. The molecule has 130 heavy (non-hydrogen) atoms. The molecular formula is C81H133N11O38. The van der Waals surface area contributed by atoms with Crippen molar-refractivity contribution in [2.24, 2.45) is 0 Å². The maximum Gasteiger partial charge on any atom is 0.303 e. The second-order valence-electron chi connectivity index (χ2n) is 29.9. The van der Waals surface area contributed by atoms with Gasteiger partial charge < -0.3 is 143 Å². The first-order chi connectivity index (χ1) is 61.8. The van der Waals surface area contributed by atoms with Crippen molar-refractivity contribution < 1.29 is 181 Å². The molecule has 3 heterocycles. The molecule has 3 aliphatic heterocycles. The van der Waals surface area contributed by atoms with Crippen LogP contribution in [0.2, 0.25) is 0 Å². The zero-order valence-electron chi connectivity index (χ0n) is 76.1. The van der Waals surface area contributed by atoms with Crippen LogP contribution in [-0.4, -0.2) is 391 Å². The summed E-state index contributed by atoms with van der Waals surface area (Å²) in [6.45, 7) is 12.8. The number of nitrogens with one attached hydrogen (secondary N) is 9. The largest absolute Gasteiger partial charge is 0.463 e. The quantitative estimate of drug-likeness (QED) is 0.0155. The van der Waals surface area contributed by atoms with Gasteiger partial charge in [0.15, 0.2) is 55.5 Å². The van der Waals surface area contributed by atoms with Gasteiger partial charge in [0.1, 0.15) is 56.3 Å². The summed E-state index contributed by atoms with van der Waals surface area (Å²) in [6, 6.07) is -3.57. The standard InChI is InChI=1S/C81H133N11O38/c1-49(94)88-70-76(125-58(10)103)73(122-55(7)100)61(46-119-52(4)97)128-79(70)116-40-37-112-32-19-64(106)82-22-13-16-25-85-67(109)43-91(30-35-115-36-31-93)28-29-92(44-68(110)86-26-17-14-23-83-65(107)20-33-113-38-41-117-80-71(89-50(2)95)77(126-59(11)104)74(123-56(8)101)62(129-80)47-120-53(5)98)45-69(111)87-27-18-15-24-84-66(108)21-34-114-39-42-118-81-72(90-51(3)96)78(127-60(12)105)75(124-57(9)102)63(130-81)48-121-54(6)99/h61-63,70-81,93H,13-48H2,1-12H3,(H,82,106)(H,83,107)(H,84,108)(H,85,109)(H,86,110)(H,87,111)(H,88,94)(H,89,95)(H,90,96). The Hall–Kier alpha value is -10.1. The summed E-state index contributed by atoms with van der Waals surface area (Å²) in [7, 11) is 0. The lowest BCUT2D eigenvalue weighted by Gasteiger charge is -2.44. The van der Waals surface area contributed by atoms with Crippen LogP contribution in [0.15, 0.2) is 0 Å². The molecule has 0 aliphatic carbocycles. The van der Waals surface area contributed by atoms with E-state index in [4.69, 9.17) is 90.0 Å². The Bertz CT molecular complexity index is 3430. The number of aliphatic hydroxyl groups excluding tert-OH is 1. The number of hydrogen-bond acceptors (Lipinski definition) is 40. The molecule has 0 aromatic carbocycles. The van der Waals surface area contributed by atoms with Gasteiger partial charge in [-0.3, -0.25) is 96.1 Å². The maximum absolute atomic E-state index is 13.6. The van der Waals surface area contributed by atoms with Crippen molar-refractivity contribution in [2.45, 2.75) is 233 Å². The van der Waals surface area contributed by atoms with E-state index in [0.717, 1.165) is 62.3 Å². The van der Waals surface area contributed by atoms with Crippen molar-refractivity contribution in [1.29, 1.82) is 0 Å². The van der Waals surface area contributed by atoms with Gasteiger partial charge in [0.25, 0.3) is 0 Å².